The van der Waals surface area contributed by atoms with Crippen LogP contribution in [0.15, 0.2) is 36.7 Å². The molecular formula is C16H14Cl3N3O2. The smallest absolute Gasteiger partial charge is 0.321 e. The van der Waals surface area contributed by atoms with Crippen molar-refractivity contribution < 1.29 is 9.53 Å². The molecule has 0 bridgehead atoms. The minimum Gasteiger partial charge on any atom is -0.487 e. The van der Waals surface area contributed by atoms with Gasteiger partial charge in [-0.3, -0.25) is 4.98 Å². The number of hydrogen-bond acceptors (Lipinski definition) is 3. The van der Waals surface area contributed by atoms with Gasteiger partial charge in [0, 0.05) is 37.1 Å². The van der Waals surface area contributed by atoms with E-state index in [1.54, 1.807) is 35.4 Å². The largest absolute Gasteiger partial charge is 0.487 e. The molecule has 1 atom stereocenters. The lowest BCUT2D eigenvalue weighted by Crippen LogP contribution is -2.34. The molecule has 3 rings (SSSR count). The van der Waals surface area contributed by atoms with E-state index in [2.05, 4.69) is 10.3 Å². The van der Waals surface area contributed by atoms with E-state index in [1.165, 1.54) is 6.20 Å². The highest BCUT2D eigenvalue weighted by molar-refractivity contribution is 6.42. The summed E-state index contributed by atoms with van der Waals surface area (Å²) >= 11 is 17.8. The summed E-state index contributed by atoms with van der Waals surface area (Å²) in [4.78, 5) is 17.9. The highest BCUT2D eigenvalue weighted by atomic mass is 35.5. The second kappa shape index (κ2) is 7.47. The number of amides is 2. The van der Waals surface area contributed by atoms with Crippen molar-refractivity contribution in [2.45, 2.75) is 12.5 Å². The summed E-state index contributed by atoms with van der Waals surface area (Å²) < 4.78 is 5.84. The summed E-state index contributed by atoms with van der Waals surface area (Å²) in [7, 11) is 0. The maximum Gasteiger partial charge on any atom is 0.321 e. The lowest BCUT2D eigenvalue weighted by Gasteiger charge is -2.18. The molecule has 0 radical (unpaired) electrons. The number of carbonyl (C=O) groups excluding carboxylic acids is 1. The van der Waals surface area contributed by atoms with Gasteiger partial charge in [0.2, 0.25) is 0 Å². The molecule has 0 spiro atoms. The van der Waals surface area contributed by atoms with E-state index in [-0.39, 0.29) is 12.1 Å². The molecule has 1 aliphatic rings. The third-order valence-corrected chi connectivity index (χ3v) is 4.65. The molecule has 126 valence electrons. The number of nitrogens with zero attached hydrogens (tertiary/aromatic N) is 2. The Kier molecular flexibility index (Phi) is 5.33. The summed E-state index contributed by atoms with van der Waals surface area (Å²) in [5.41, 5.74) is 0.593. The van der Waals surface area contributed by atoms with Gasteiger partial charge in [-0.1, -0.05) is 34.8 Å². The Hall–Kier alpha value is -1.69. The van der Waals surface area contributed by atoms with Crippen LogP contribution >= 0.6 is 34.8 Å². The van der Waals surface area contributed by atoms with Crippen LogP contribution in [-0.4, -0.2) is 35.1 Å². The fourth-order valence-corrected chi connectivity index (χ4v) is 2.88. The molecule has 1 aliphatic heterocycles. The van der Waals surface area contributed by atoms with Crippen LogP contribution in [0.1, 0.15) is 6.42 Å². The molecule has 1 aromatic heterocycles. The average molecular weight is 387 g/mol. The normalized spacial score (nSPS) is 17.0. The fourth-order valence-electron chi connectivity index (χ4n) is 2.42. The van der Waals surface area contributed by atoms with Gasteiger partial charge in [-0.05, 0) is 18.2 Å². The second-order valence-electron chi connectivity index (χ2n) is 5.34. The summed E-state index contributed by atoms with van der Waals surface area (Å²) in [6.07, 6.45) is 3.77. The number of carbonyl (C=O) groups is 1. The molecule has 0 saturated carbocycles. The van der Waals surface area contributed by atoms with E-state index in [4.69, 9.17) is 39.5 Å². The lowest BCUT2D eigenvalue weighted by molar-refractivity contribution is 0.195. The zero-order chi connectivity index (χ0) is 17.1. The number of halogens is 3. The summed E-state index contributed by atoms with van der Waals surface area (Å²) in [6.45, 7) is 1.08. The molecule has 2 heterocycles. The van der Waals surface area contributed by atoms with Crippen LogP contribution in [0.4, 0.5) is 10.5 Å². The molecule has 5 nitrogen and oxygen atoms in total. The predicted molar refractivity (Wildman–Crippen MR) is 95.3 cm³/mol. The van der Waals surface area contributed by atoms with Crippen molar-refractivity contribution in [2.24, 2.45) is 0 Å². The van der Waals surface area contributed by atoms with Crippen molar-refractivity contribution >= 4 is 46.5 Å². The predicted octanol–water partition coefficient (Wildman–Crippen LogP) is 4.73. The van der Waals surface area contributed by atoms with Gasteiger partial charge in [0.1, 0.15) is 16.9 Å². The number of pyridine rings is 1. The quantitative estimate of drug-likeness (QED) is 0.830. The summed E-state index contributed by atoms with van der Waals surface area (Å²) in [5, 5.41) is 4.09. The highest BCUT2D eigenvalue weighted by Gasteiger charge is 2.28. The number of anilines is 1. The van der Waals surface area contributed by atoms with E-state index >= 15 is 0 Å². The maximum absolute atomic E-state index is 12.3. The highest BCUT2D eigenvalue weighted by Crippen LogP contribution is 2.27. The first-order valence-corrected chi connectivity index (χ1v) is 8.43. The van der Waals surface area contributed by atoms with E-state index in [0.717, 1.165) is 6.42 Å². The Morgan fingerprint density at radius 2 is 2.04 bits per heavy atom. The van der Waals surface area contributed by atoms with Crippen molar-refractivity contribution in [3.05, 3.63) is 51.7 Å². The maximum atomic E-state index is 12.3. The molecule has 24 heavy (non-hydrogen) atoms. The van der Waals surface area contributed by atoms with Gasteiger partial charge in [-0.15, -0.1) is 0 Å². The standard InChI is InChI=1S/C16H14Cl3N3O2/c17-12-2-1-10(7-13(12)18)21-16(23)22-6-4-11(9-22)24-15-3-5-20-8-14(15)19/h1-3,5,7-8,11H,4,6,9H2,(H,21,23)/t11-/m0/s1. The van der Waals surface area contributed by atoms with Gasteiger partial charge in [-0.2, -0.15) is 0 Å². The number of benzene rings is 1. The SMILES string of the molecule is O=C(Nc1ccc(Cl)c(Cl)c1)N1CC[C@H](Oc2ccncc2Cl)C1. The van der Waals surface area contributed by atoms with Crippen LogP contribution in [0.2, 0.25) is 15.1 Å². The van der Waals surface area contributed by atoms with Crippen molar-refractivity contribution in [3.63, 3.8) is 0 Å². The Labute approximate surface area is 154 Å². The average Bonchev–Trinajstić information content (AvgIpc) is 3.02. The third-order valence-electron chi connectivity index (χ3n) is 3.63. The Morgan fingerprint density at radius 1 is 1.21 bits per heavy atom. The number of rotatable bonds is 3. The third kappa shape index (κ3) is 4.04. The van der Waals surface area contributed by atoms with E-state index in [9.17, 15) is 4.79 Å². The minimum atomic E-state index is -0.208. The molecule has 1 aromatic carbocycles. The number of hydrogen-bond donors (Lipinski definition) is 1. The number of likely N-dealkylation sites (tertiary alicyclic amines) is 1. The number of urea groups is 1. The van der Waals surface area contributed by atoms with Crippen LogP contribution < -0.4 is 10.1 Å². The number of ether oxygens (including phenoxy) is 1. The van der Waals surface area contributed by atoms with E-state index < -0.39 is 0 Å². The first-order valence-electron chi connectivity index (χ1n) is 7.30. The molecule has 2 amide bonds. The topological polar surface area (TPSA) is 54.5 Å². The minimum absolute atomic E-state index is 0.107. The van der Waals surface area contributed by atoms with Gasteiger partial charge in [-0.25, -0.2) is 4.79 Å². The lowest BCUT2D eigenvalue weighted by atomic mass is 10.3. The van der Waals surface area contributed by atoms with Crippen LogP contribution in [0, 0.1) is 0 Å². The van der Waals surface area contributed by atoms with Crippen LogP contribution in [0.5, 0.6) is 5.75 Å². The zero-order valence-corrected chi connectivity index (χ0v) is 14.8. The molecule has 1 fully saturated rings. The molecule has 2 aromatic rings. The molecule has 0 aliphatic carbocycles. The van der Waals surface area contributed by atoms with Gasteiger partial charge in [0.15, 0.2) is 0 Å². The summed E-state index contributed by atoms with van der Waals surface area (Å²) in [5.74, 6) is 0.573. The fraction of sp³-hybridized carbons (Fsp3) is 0.250. The molecule has 1 saturated heterocycles. The number of aromatic nitrogens is 1. The second-order valence-corrected chi connectivity index (χ2v) is 6.56. The molecule has 8 heteroatoms. The number of nitrogens with one attached hydrogen (secondary N) is 1. The molecule has 1 N–H and O–H groups in total. The molecule has 0 unspecified atom stereocenters. The van der Waals surface area contributed by atoms with E-state index in [1.807, 2.05) is 0 Å². The van der Waals surface area contributed by atoms with Crippen molar-refractivity contribution in [3.8, 4) is 5.75 Å². The van der Waals surface area contributed by atoms with Gasteiger partial charge in [0.25, 0.3) is 0 Å². The van der Waals surface area contributed by atoms with Crippen molar-refractivity contribution in [1.29, 1.82) is 0 Å². The Morgan fingerprint density at radius 3 is 2.79 bits per heavy atom. The monoisotopic (exact) mass is 385 g/mol. The van der Waals surface area contributed by atoms with E-state index in [0.29, 0.717) is 39.6 Å². The van der Waals surface area contributed by atoms with Crippen LogP contribution in [-0.2, 0) is 0 Å². The van der Waals surface area contributed by atoms with Gasteiger partial charge in [0.05, 0.1) is 16.6 Å². The van der Waals surface area contributed by atoms with Crippen molar-refractivity contribution in [2.75, 3.05) is 18.4 Å². The first kappa shape index (κ1) is 17.1. The van der Waals surface area contributed by atoms with Crippen LogP contribution in [0.3, 0.4) is 0 Å². The first-order chi connectivity index (χ1) is 11.5. The Balaban J connectivity index is 1.57. The molecular weight excluding hydrogens is 373 g/mol. The van der Waals surface area contributed by atoms with Gasteiger partial charge >= 0.3 is 6.03 Å². The summed E-state index contributed by atoms with van der Waals surface area (Å²) in [6, 6.07) is 6.46. The van der Waals surface area contributed by atoms with Crippen LogP contribution in [0.25, 0.3) is 0 Å². The Bertz CT molecular complexity index is 757. The zero-order valence-electron chi connectivity index (χ0n) is 12.5. The van der Waals surface area contributed by atoms with Gasteiger partial charge < -0.3 is 15.0 Å². The van der Waals surface area contributed by atoms with Crippen molar-refractivity contribution in [1.82, 2.24) is 9.88 Å².